The third-order valence-electron chi connectivity index (χ3n) is 3.92. The summed E-state index contributed by atoms with van der Waals surface area (Å²) in [4.78, 5) is 0. The van der Waals surface area contributed by atoms with Gasteiger partial charge < -0.3 is 9.47 Å². The summed E-state index contributed by atoms with van der Waals surface area (Å²) in [6, 6.07) is 17.3. The van der Waals surface area contributed by atoms with Gasteiger partial charge in [-0.3, -0.25) is 0 Å². The molecule has 31 heavy (non-hydrogen) atoms. The molecular weight excluding hydrogens is 441 g/mol. The van der Waals surface area contributed by atoms with Gasteiger partial charge in [0.1, 0.15) is 11.5 Å². The van der Waals surface area contributed by atoms with Crippen molar-refractivity contribution in [2.75, 3.05) is 0 Å². The first-order valence-electron chi connectivity index (χ1n) is 8.67. The first-order chi connectivity index (χ1) is 14.8. The van der Waals surface area contributed by atoms with Crippen LogP contribution in [0.4, 0.5) is 26.3 Å². The highest BCUT2D eigenvalue weighted by Gasteiger charge is 2.18. The Morgan fingerprint density at radius 3 is 1.19 bits per heavy atom. The molecule has 2 nitrogen and oxygen atoms in total. The minimum Gasteiger partial charge on any atom is -0.428 e. The first kappa shape index (κ1) is 22.4. The van der Waals surface area contributed by atoms with Crippen LogP contribution in [0.2, 0.25) is 0 Å². The van der Waals surface area contributed by atoms with E-state index in [1.807, 2.05) is 30.3 Å². The zero-order valence-electron chi connectivity index (χ0n) is 15.5. The molecule has 0 heterocycles. The molecule has 160 valence electrons. The second-order valence-electron chi connectivity index (χ2n) is 5.93. The Hall–Kier alpha value is -3.25. The number of rotatable bonds is 7. The van der Waals surface area contributed by atoms with E-state index in [4.69, 9.17) is 0 Å². The van der Waals surface area contributed by atoms with E-state index in [1.165, 1.54) is 24.3 Å². The van der Waals surface area contributed by atoms with Crippen LogP contribution in [0.25, 0.3) is 0 Å². The molecule has 3 rings (SSSR count). The lowest BCUT2D eigenvalue weighted by atomic mass is 10.3. The summed E-state index contributed by atoms with van der Waals surface area (Å²) in [5.41, 5.74) is 0. The van der Waals surface area contributed by atoms with Crippen LogP contribution in [0.3, 0.4) is 0 Å². The molecule has 0 fully saturated rings. The van der Waals surface area contributed by atoms with Crippen molar-refractivity contribution in [3.8, 4) is 11.5 Å². The fraction of sp³-hybridized carbons (Fsp3) is 0. The van der Waals surface area contributed by atoms with Crippen molar-refractivity contribution in [3.05, 3.63) is 103 Å². The van der Waals surface area contributed by atoms with E-state index in [9.17, 15) is 26.3 Å². The monoisotopic (exact) mass is 454 g/mol. The van der Waals surface area contributed by atoms with Crippen LogP contribution in [0, 0.1) is 0 Å². The maximum atomic E-state index is 13.0. The first-order valence-corrected chi connectivity index (χ1v) is 10.0. The Kier molecular flexibility index (Phi) is 7.36. The maximum absolute atomic E-state index is 13.0. The predicted molar refractivity (Wildman–Crippen MR) is 107 cm³/mol. The standard InChI is InChI=1S/C22H13F6O2P/c23-19(24)21(27)29-14-6-10-17(11-7-14)31(16-4-2-1-3-5-16)18-12-8-15(9-13-18)30-22(28)20(25)26/h1-13H. The molecule has 0 aromatic heterocycles. The molecule has 0 amide bonds. The van der Waals surface area contributed by atoms with Crippen molar-refractivity contribution < 1.29 is 35.8 Å². The van der Waals surface area contributed by atoms with Gasteiger partial charge in [0.05, 0.1) is 0 Å². The van der Waals surface area contributed by atoms with Crippen molar-refractivity contribution in [1.29, 1.82) is 0 Å². The third kappa shape index (κ3) is 5.89. The van der Waals surface area contributed by atoms with Gasteiger partial charge in [0.15, 0.2) is 0 Å². The van der Waals surface area contributed by atoms with Gasteiger partial charge in [-0.05, 0) is 48.1 Å². The molecule has 3 aromatic rings. The SMILES string of the molecule is FC(F)=C(F)Oc1ccc(P(c2ccccc2)c2ccc(OC(F)=C(F)F)cc2)cc1. The smallest absolute Gasteiger partial charge is 0.344 e. The van der Waals surface area contributed by atoms with Gasteiger partial charge >= 0.3 is 24.2 Å². The van der Waals surface area contributed by atoms with E-state index in [-0.39, 0.29) is 11.5 Å². The molecule has 0 N–H and O–H groups in total. The lowest BCUT2D eigenvalue weighted by molar-refractivity contribution is 0.241. The number of halogens is 6. The van der Waals surface area contributed by atoms with Gasteiger partial charge in [-0.1, -0.05) is 54.6 Å². The highest BCUT2D eigenvalue weighted by atomic mass is 31.1. The molecule has 0 saturated heterocycles. The van der Waals surface area contributed by atoms with Crippen LogP contribution in [0.5, 0.6) is 11.5 Å². The third-order valence-corrected chi connectivity index (χ3v) is 6.36. The van der Waals surface area contributed by atoms with E-state index in [1.54, 1.807) is 24.3 Å². The zero-order chi connectivity index (χ0) is 22.4. The minimum absolute atomic E-state index is 0.101. The quantitative estimate of drug-likeness (QED) is 0.238. The average molecular weight is 454 g/mol. The summed E-state index contributed by atoms with van der Waals surface area (Å²) in [5.74, 6) is -0.201. The highest BCUT2D eigenvalue weighted by molar-refractivity contribution is 7.79. The molecule has 0 aliphatic heterocycles. The number of benzene rings is 3. The summed E-state index contributed by atoms with van der Waals surface area (Å²) in [6.45, 7) is 0. The van der Waals surface area contributed by atoms with Gasteiger partial charge in [-0.25, -0.2) is 0 Å². The molecule has 0 spiro atoms. The fourth-order valence-electron chi connectivity index (χ4n) is 2.63. The number of hydrogen-bond acceptors (Lipinski definition) is 2. The molecule has 0 saturated carbocycles. The Balaban J connectivity index is 1.93. The Morgan fingerprint density at radius 1 is 0.484 bits per heavy atom. The molecule has 9 heteroatoms. The van der Waals surface area contributed by atoms with E-state index >= 15 is 0 Å². The zero-order valence-corrected chi connectivity index (χ0v) is 16.4. The van der Waals surface area contributed by atoms with Crippen LogP contribution in [0.15, 0.2) is 103 Å². The summed E-state index contributed by atoms with van der Waals surface area (Å²) in [5, 5.41) is 2.50. The summed E-state index contributed by atoms with van der Waals surface area (Å²) in [6.07, 6.45) is -5.12. The van der Waals surface area contributed by atoms with Crippen LogP contribution in [-0.2, 0) is 0 Å². The van der Waals surface area contributed by atoms with Crippen molar-refractivity contribution in [1.82, 2.24) is 0 Å². The number of ether oxygens (including phenoxy) is 2. The van der Waals surface area contributed by atoms with Crippen LogP contribution < -0.4 is 25.4 Å². The van der Waals surface area contributed by atoms with E-state index in [0.717, 1.165) is 15.9 Å². The Morgan fingerprint density at radius 2 is 0.839 bits per heavy atom. The van der Waals surface area contributed by atoms with Crippen molar-refractivity contribution >= 4 is 23.8 Å². The summed E-state index contributed by atoms with van der Waals surface area (Å²) in [7, 11) is -1.16. The van der Waals surface area contributed by atoms with E-state index in [0.29, 0.717) is 0 Å². The predicted octanol–water partition coefficient (Wildman–Crippen LogP) is 6.27. The van der Waals surface area contributed by atoms with Gasteiger partial charge in [-0.15, -0.1) is 0 Å². The fourth-order valence-corrected chi connectivity index (χ4v) is 4.89. The topological polar surface area (TPSA) is 18.5 Å². The molecule has 3 aromatic carbocycles. The van der Waals surface area contributed by atoms with Crippen molar-refractivity contribution in [2.45, 2.75) is 0 Å². The second-order valence-corrected chi connectivity index (χ2v) is 8.15. The van der Waals surface area contributed by atoms with Crippen molar-refractivity contribution in [3.63, 3.8) is 0 Å². The summed E-state index contributed by atoms with van der Waals surface area (Å²) >= 11 is 0. The molecular formula is C22H13F6O2P. The van der Waals surface area contributed by atoms with Crippen LogP contribution in [0.1, 0.15) is 0 Å². The maximum Gasteiger partial charge on any atom is 0.344 e. The van der Waals surface area contributed by atoms with Crippen LogP contribution in [-0.4, -0.2) is 0 Å². The van der Waals surface area contributed by atoms with Gasteiger partial charge in [0.25, 0.3) is 0 Å². The molecule has 0 bridgehead atoms. The van der Waals surface area contributed by atoms with E-state index < -0.39 is 32.1 Å². The normalized spacial score (nSPS) is 10.5. The van der Waals surface area contributed by atoms with Crippen molar-refractivity contribution in [2.24, 2.45) is 0 Å². The lowest BCUT2D eigenvalue weighted by Gasteiger charge is -2.20. The minimum atomic E-state index is -2.56. The number of hydrogen-bond donors (Lipinski definition) is 0. The molecule has 0 radical (unpaired) electrons. The molecule has 0 aliphatic carbocycles. The molecule has 0 aliphatic rings. The highest BCUT2D eigenvalue weighted by Crippen LogP contribution is 2.34. The van der Waals surface area contributed by atoms with Gasteiger partial charge in [0.2, 0.25) is 0 Å². The van der Waals surface area contributed by atoms with Gasteiger partial charge in [0, 0.05) is 0 Å². The second kappa shape index (κ2) is 10.2. The largest absolute Gasteiger partial charge is 0.428 e. The average Bonchev–Trinajstić information content (AvgIpc) is 2.77. The van der Waals surface area contributed by atoms with Gasteiger partial charge in [-0.2, -0.15) is 26.3 Å². The molecule has 0 unspecified atom stereocenters. The van der Waals surface area contributed by atoms with E-state index in [2.05, 4.69) is 9.47 Å². The summed E-state index contributed by atoms with van der Waals surface area (Å²) < 4.78 is 83.8. The Bertz CT molecular complexity index is 1010. The lowest BCUT2D eigenvalue weighted by Crippen LogP contribution is -2.20. The van der Waals surface area contributed by atoms with Crippen LogP contribution >= 0.6 is 7.92 Å². The Labute approximate surface area is 174 Å². The molecule has 0 atom stereocenters.